The van der Waals surface area contributed by atoms with E-state index in [1.807, 2.05) is 19.1 Å². The van der Waals surface area contributed by atoms with E-state index in [0.29, 0.717) is 25.4 Å². The molecule has 0 heterocycles. The molecule has 100 valence electrons. The molecule has 1 aromatic rings. The van der Waals surface area contributed by atoms with Crippen molar-refractivity contribution in [3.05, 3.63) is 35.4 Å². The molecule has 1 aromatic carbocycles. The van der Waals surface area contributed by atoms with Gasteiger partial charge in [-0.15, -0.1) is 0 Å². The standard InChI is InChI=1S/C14H21NO3/c1-3-13(15)10-17-9-11-5-7-12(8-6-11)14(16)18-4-2/h5-8,13H,3-4,9-10,15H2,1-2H3. The first-order valence-electron chi connectivity index (χ1n) is 6.26. The Balaban J connectivity index is 2.43. The van der Waals surface area contributed by atoms with E-state index in [9.17, 15) is 4.79 Å². The van der Waals surface area contributed by atoms with Gasteiger partial charge in [-0.3, -0.25) is 0 Å². The van der Waals surface area contributed by atoms with Crippen LogP contribution in [0, 0.1) is 0 Å². The number of ether oxygens (including phenoxy) is 2. The van der Waals surface area contributed by atoms with E-state index in [2.05, 4.69) is 0 Å². The summed E-state index contributed by atoms with van der Waals surface area (Å²) in [6.07, 6.45) is 0.905. The Bertz CT molecular complexity index is 362. The number of hydrogen-bond acceptors (Lipinski definition) is 4. The summed E-state index contributed by atoms with van der Waals surface area (Å²) >= 11 is 0. The minimum Gasteiger partial charge on any atom is -0.462 e. The molecular formula is C14H21NO3. The van der Waals surface area contributed by atoms with Gasteiger partial charge in [0.05, 0.1) is 25.4 Å². The minimum atomic E-state index is -0.294. The smallest absolute Gasteiger partial charge is 0.338 e. The van der Waals surface area contributed by atoms with Crippen LogP contribution >= 0.6 is 0 Å². The maximum atomic E-state index is 11.4. The molecule has 0 aliphatic heterocycles. The molecule has 2 N–H and O–H groups in total. The van der Waals surface area contributed by atoms with Crippen molar-refractivity contribution in [2.45, 2.75) is 32.9 Å². The second kappa shape index (κ2) is 7.84. The van der Waals surface area contributed by atoms with E-state index >= 15 is 0 Å². The first-order valence-corrected chi connectivity index (χ1v) is 6.26. The Morgan fingerprint density at radius 1 is 1.28 bits per heavy atom. The SMILES string of the molecule is CCOC(=O)c1ccc(COCC(N)CC)cc1. The molecule has 4 heteroatoms. The lowest BCUT2D eigenvalue weighted by Crippen LogP contribution is -2.24. The number of carbonyl (C=O) groups excluding carboxylic acids is 1. The highest BCUT2D eigenvalue weighted by Gasteiger charge is 2.05. The summed E-state index contributed by atoms with van der Waals surface area (Å²) < 4.78 is 10.4. The summed E-state index contributed by atoms with van der Waals surface area (Å²) in [7, 11) is 0. The summed E-state index contributed by atoms with van der Waals surface area (Å²) in [5.74, 6) is -0.294. The maximum absolute atomic E-state index is 11.4. The monoisotopic (exact) mass is 251 g/mol. The highest BCUT2D eigenvalue weighted by atomic mass is 16.5. The largest absolute Gasteiger partial charge is 0.462 e. The van der Waals surface area contributed by atoms with Gasteiger partial charge in [0, 0.05) is 6.04 Å². The lowest BCUT2D eigenvalue weighted by molar-refractivity contribution is 0.0526. The Labute approximate surface area is 108 Å². The molecule has 0 radical (unpaired) electrons. The van der Waals surface area contributed by atoms with Crippen molar-refractivity contribution >= 4 is 5.97 Å². The molecule has 0 aromatic heterocycles. The van der Waals surface area contributed by atoms with Crippen molar-refractivity contribution in [3.8, 4) is 0 Å². The van der Waals surface area contributed by atoms with Crippen LogP contribution in [-0.2, 0) is 16.1 Å². The van der Waals surface area contributed by atoms with Gasteiger partial charge in [0.15, 0.2) is 0 Å². The van der Waals surface area contributed by atoms with Gasteiger partial charge in [-0.25, -0.2) is 4.79 Å². The van der Waals surface area contributed by atoms with Gasteiger partial charge in [-0.05, 0) is 31.0 Å². The molecule has 0 fully saturated rings. The normalized spacial score (nSPS) is 12.2. The number of hydrogen-bond donors (Lipinski definition) is 1. The molecule has 0 aliphatic rings. The van der Waals surface area contributed by atoms with Crippen LogP contribution in [0.5, 0.6) is 0 Å². The topological polar surface area (TPSA) is 61.5 Å². The second-order valence-electron chi connectivity index (χ2n) is 4.10. The maximum Gasteiger partial charge on any atom is 0.338 e. The predicted octanol–water partition coefficient (Wildman–Crippen LogP) is 2.12. The van der Waals surface area contributed by atoms with Gasteiger partial charge in [-0.2, -0.15) is 0 Å². The summed E-state index contributed by atoms with van der Waals surface area (Å²) in [6.45, 7) is 5.27. The zero-order chi connectivity index (χ0) is 13.4. The zero-order valence-electron chi connectivity index (χ0n) is 11.0. The predicted molar refractivity (Wildman–Crippen MR) is 70.3 cm³/mol. The van der Waals surface area contributed by atoms with Crippen LogP contribution in [0.1, 0.15) is 36.2 Å². The van der Waals surface area contributed by atoms with Crippen LogP contribution < -0.4 is 5.73 Å². The van der Waals surface area contributed by atoms with Crippen LogP contribution in [0.3, 0.4) is 0 Å². The summed E-state index contributed by atoms with van der Waals surface area (Å²) in [4.78, 5) is 11.4. The van der Waals surface area contributed by atoms with Gasteiger partial charge in [0.2, 0.25) is 0 Å². The van der Waals surface area contributed by atoms with Crippen molar-refractivity contribution in [3.63, 3.8) is 0 Å². The van der Waals surface area contributed by atoms with Gasteiger partial charge in [-0.1, -0.05) is 19.1 Å². The number of nitrogens with two attached hydrogens (primary N) is 1. The Morgan fingerprint density at radius 2 is 1.94 bits per heavy atom. The molecule has 1 rings (SSSR count). The lowest BCUT2D eigenvalue weighted by atomic mass is 10.1. The summed E-state index contributed by atoms with van der Waals surface area (Å²) in [5.41, 5.74) is 7.33. The van der Waals surface area contributed by atoms with Crippen LogP contribution in [0.2, 0.25) is 0 Å². The van der Waals surface area contributed by atoms with Crippen molar-refractivity contribution in [2.24, 2.45) is 5.73 Å². The van der Waals surface area contributed by atoms with Crippen LogP contribution in [-0.4, -0.2) is 25.2 Å². The average molecular weight is 251 g/mol. The van der Waals surface area contributed by atoms with Crippen LogP contribution in [0.25, 0.3) is 0 Å². The van der Waals surface area contributed by atoms with Crippen molar-refractivity contribution < 1.29 is 14.3 Å². The minimum absolute atomic E-state index is 0.0869. The van der Waals surface area contributed by atoms with Gasteiger partial charge in [0.25, 0.3) is 0 Å². The van der Waals surface area contributed by atoms with Crippen molar-refractivity contribution in [2.75, 3.05) is 13.2 Å². The quantitative estimate of drug-likeness (QED) is 0.754. The van der Waals surface area contributed by atoms with E-state index in [1.54, 1.807) is 19.1 Å². The van der Waals surface area contributed by atoms with E-state index < -0.39 is 0 Å². The van der Waals surface area contributed by atoms with E-state index in [0.717, 1.165) is 12.0 Å². The van der Waals surface area contributed by atoms with Gasteiger partial charge >= 0.3 is 5.97 Å². The fourth-order valence-electron chi connectivity index (χ4n) is 1.40. The molecule has 1 atom stereocenters. The molecule has 0 aliphatic carbocycles. The Morgan fingerprint density at radius 3 is 2.50 bits per heavy atom. The summed E-state index contributed by atoms with van der Waals surface area (Å²) in [6, 6.07) is 7.31. The van der Waals surface area contributed by atoms with E-state index in [-0.39, 0.29) is 12.0 Å². The van der Waals surface area contributed by atoms with Crippen molar-refractivity contribution in [1.29, 1.82) is 0 Å². The molecule has 18 heavy (non-hydrogen) atoms. The molecule has 0 bridgehead atoms. The highest BCUT2D eigenvalue weighted by molar-refractivity contribution is 5.89. The number of esters is 1. The number of rotatable bonds is 7. The molecule has 1 unspecified atom stereocenters. The third-order valence-electron chi connectivity index (χ3n) is 2.59. The third kappa shape index (κ3) is 4.85. The van der Waals surface area contributed by atoms with E-state index in [1.165, 1.54) is 0 Å². The zero-order valence-corrected chi connectivity index (χ0v) is 11.0. The molecule has 0 amide bonds. The molecule has 0 saturated carbocycles. The first-order chi connectivity index (χ1) is 8.67. The summed E-state index contributed by atoms with van der Waals surface area (Å²) in [5, 5.41) is 0. The number of benzene rings is 1. The fraction of sp³-hybridized carbons (Fsp3) is 0.500. The van der Waals surface area contributed by atoms with E-state index in [4.69, 9.17) is 15.2 Å². The first kappa shape index (κ1) is 14.7. The van der Waals surface area contributed by atoms with Crippen LogP contribution in [0.4, 0.5) is 0 Å². The van der Waals surface area contributed by atoms with Gasteiger partial charge in [0.1, 0.15) is 0 Å². The second-order valence-corrected chi connectivity index (χ2v) is 4.10. The van der Waals surface area contributed by atoms with Crippen molar-refractivity contribution in [1.82, 2.24) is 0 Å². The molecule has 0 saturated heterocycles. The van der Waals surface area contributed by atoms with Crippen LogP contribution in [0.15, 0.2) is 24.3 Å². The van der Waals surface area contributed by atoms with Gasteiger partial charge < -0.3 is 15.2 Å². The third-order valence-corrected chi connectivity index (χ3v) is 2.59. The molecular weight excluding hydrogens is 230 g/mol. The average Bonchev–Trinajstić information content (AvgIpc) is 2.39. The fourth-order valence-corrected chi connectivity index (χ4v) is 1.40. The highest BCUT2D eigenvalue weighted by Crippen LogP contribution is 2.07. The lowest BCUT2D eigenvalue weighted by Gasteiger charge is -2.09. The molecule has 4 nitrogen and oxygen atoms in total. The number of carbonyl (C=O) groups is 1. The Hall–Kier alpha value is -1.39. The molecule has 0 spiro atoms. The Kier molecular flexibility index (Phi) is 6.39.